The maximum Gasteiger partial charge on any atom is 0.193 e. The van der Waals surface area contributed by atoms with Crippen LogP contribution in [0.5, 0.6) is 0 Å². The highest BCUT2D eigenvalue weighted by Crippen LogP contribution is 2.27. The molecule has 0 radical (unpaired) electrons. The summed E-state index contributed by atoms with van der Waals surface area (Å²) in [5, 5.41) is 3.34. The molecule has 23 heavy (non-hydrogen) atoms. The minimum atomic E-state index is 0. The number of hydrogen-bond acceptors (Lipinski definition) is 2. The van der Waals surface area contributed by atoms with Crippen molar-refractivity contribution in [1.82, 2.24) is 4.90 Å². The molecule has 1 unspecified atom stereocenters. The van der Waals surface area contributed by atoms with Gasteiger partial charge in [-0.25, -0.2) is 0 Å². The first-order chi connectivity index (χ1) is 10.8. The van der Waals surface area contributed by atoms with Crippen LogP contribution in [0.1, 0.15) is 43.7 Å². The highest BCUT2D eigenvalue weighted by Gasteiger charge is 2.22. The lowest BCUT2D eigenvalue weighted by Gasteiger charge is -2.22. The van der Waals surface area contributed by atoms with Crippen molar-refractivity contribution in [2.24, 2.45) is 10.7 Å². The van der Waals surface area contributed by atoms with E-state index in [1.54, 1.807) is 0 Å². The number of rotatable bonds is 4. The van der Waals surface area contributed by atoms with Crippen LogP contribution >= 0.6 is 24.0 Å². The minimum Gasteiger partial charge on any atom is -0.370 e. The number of benzene rings is 1. The fourth-order valence-corrected chi connectivity index (χ4v) is 3.80. The smallest absolute Gasteiger partial charge is 0.193 e. The Bertz CT molecular complexity index is 544. The van der Waals surface area contributed by atoms with Gasteiger partial charge in [-0.3, -0.25) is 9.89 Å². The van der Waals surface area contributed by atoms with Crippen LogP contribution in [0.25, 0.3) is 0 Å². The van der Waals surface area contributed by atoms with Gasteiger partial charge in [0.1, 0.15) is 0 Å². The Morgan fingerprint density at radius 3 is 2.96 bits per heavy atom. The van der Waals surface area contributed by atoms with Gasteiger partial charge in [0, 0.05) is 11.7 Å². The van der Waals surface area contributed by atoms with E-state index in [0.717, 1.165) is 25.2 Å². The first-order valence-electron chi connectivity index (χ1n) is 8.69. The highest BCUT2D eigenvalue weighted by atomic mass is 127. The summed E-state index contributed by atoms with van der Waals surface area (Å²) in [5.74, 6) is 0.557. The van der Waals surface area contributed by atoms with Crippen LogP contribution in [0.15, 0.2) is 23.2 Å². The van der Waals surface area contributed by atoms with E-state index in [0.29, 0.717) is 12.0 Å². The number of aliphatic imine (C=N–C) groups is 1. The first kappa shape index (κ1) is 18.5. The van der Waals surface area contributed by atoms with Gasteiger partial charge in [-0.15, -0.1) is 24.0 Å². The lowest BCUT2D eigenvalue weighted by molar-refractivity contribution is 0.273. The SMILES string of the molecule is CCN1CCCC1CN=C(N)Nc1cccc2c1CCCC2.I. The first-order valence-corrected chi connectivity index (χ1v) is 8.69. The van der Waals surface area contributed by atoms with Crippen molar-refractivity contribution >= 4 is 35.6 Å². The maximum atomic E-state index is 6.12. The van der Waals surface area contributed by atoms with Crippen molar-refractivity contribution in [2.75, 3.05) is 25.0 Å². The van der Waals surface area contributed by atoms with Gasteiger partial charge < -0.3 is 11.1 Å². The van der Waals surface area contributed by atoms with Gasteiger partial charge in [0.15, 0.2) is 5.96 Å². The summed E-state index contributed by atoms with van der Waals surface area (Å²) in [5.41, 5.74) is 10.2. The fraction of sp³-hybridized carbons (Fsp3) is 0.611. The Morgan fingerprint density at radius 2 is 2.13 bits per heavy atom. The van der Waals surface area contributed by atoms with Crippen LogP contribution in [0.3, 0.4) is 0 Å². The Hall–Kier alpha value is -0.820. The largest absolute Gasteiger partial charge is 0.370 e. The number of likely N-dealkylation sites (N-methyl/N-ethyl adjacent to an activating group) is 1. The molecule has 1 fully saturated rings. The molecule has 1 aromatic carbocycles. The predicted octanol–water partition coefficient (Wildman–Crippen LogP) is 3.39. The van der Waals surface area contributed by atoms with Gasteiger partial charge in [0.05, 0.1) is 6.54 Å². The fourth-order valence-electron chi connectivity index (χ4n) is 3.80. The molecule has 3 rings (SSSR count). The highest BCUT2D eigenvalue weighted by molar-refractivity contribution is 14.0. The minimum absolute atomic E-state index is 0. The molecule has 0 aromatic heterocycles. The van der Waals surface area contributed by atoms with Gasteiger partial charge in [-0.05, 0) is 68.8 Å². The van der Waals surface area contributed by atoms with E-state index in [2.05, 4.69) is 40.3 Å². The van der Waals surface area contributed by atoms with Crippen LogP contribution in [-0.2, 0) is 12.8 Å². The lowest BCUT2D eigenvalue weighted by atomic mass is 9.90. The van der Waals surface area contributed by atoms with E-state index in [1.807, 2.05) is 0 Å². The second-order valence-electron chi connectivity index (χ2n) is 6.43. The number of hydrogen-bond donors (Lipinski definition) is 2. The number of nitrogens with two attached hydrogens (primary N) is 1. The molecule has 1 aliphatic heterocycles. The number of aryl methyl sites for hydroxylation is 1. The van der Waals surface area contributed by atoms with E-state index in [9.17, 15) is 0 Å². The Labute approximate surface area is 156 Å². The van der Waals surface area contributed by atoms with Crippen molar-refractivity contribution < 1.29 is 0 Å². The molecule has 1 atom stereocenters. The van der Waals surface area contributed by atoms with E-state index in [1.165, 1.54) is 49.8 Å². The van der Waals surface area contributed by atoms with E-state index < -0.39 is 0 Å². The lowest BCUT2D eigenvalue weighted by Crippen LogP contribution is -2.33. The number of halogens is 1. The van der Waals surface area contributed by atoms with Gasteiger partial charge in [0.25, 0.3) is 0 Å². The average Bonchev–Trinajstić information content (AvgIpc) is 3.01. The van der Waals surface area contributed by atoms with Gasteiger partial charge in [-0.1, -0.05) is 19.1 Å². The summed E-state index contributed by atoms with van der Waals surface area (Å²) in [6.45, 7) is 5.34. The molecule has 0 saturated carbocycles. The molecular weight excluding hydrogens is 399 g/mol. The molecule has 0 spiro atoms. The molecular formula is C18H29IN4. The third kappa shape index (κ3) is 4.59. The Kier molecular flexibility index (Phi) is 7.14. The predicted molar refractivity (Wildman–Crippen MR) is 109 cm³/mol. The molecule has 128 valence electrons. The standard InChI is InChI=1S/C18H28N4.HI/c1-2-22-12-6-9-15(22)13-20-18(19)21-17-11-5-8-14-7-3-4-10-16(14)17;/h5,8,11,15H,2-4,6-7,9-10,12-13H2,1H3,(H3,19,20,21);1H. The van der Waals surface area contributed by atoms with E-state index >= 15 is 0 Å². The molecule has 5 heteroatoms. The van der Waals surface area contributed by atoms with Crippen molar-refractivity contribution in [3.05, 3.63) is 29.3 Å². The van der Waals surface area contributed by atoms with Gasteiger partial charge >= 0.3 is 0 Å². The van der Waals surface area contributed by atoms with E-state index in [-0.39, 0.29) is 24.0 Å². The summed E-state index contributed by atoms with van der Waals surface area (Å²) in [6, 6.07) is 7.05. The van der Waals surface area contributed by atoms with Gasteiger partial charge in [-0.2, -0.15) is 0 Å². The number of nitrogens with zero attached hydrogens (tertiary/aromatic N) is 2. The summed E-state index contributed by atoms with van der Waals surface area (Å²) in [6.07, 6.45) is 7.44. The maximum absolute atomic E-state index is 6.12. The Morgan fingerprint density at radius 1 is 1.30 bits per heavy atom. The van der Waals surface area contributed by atoms with Crippen molar-refractivity contribution in [2.45, 2.75) is 51.5 Å². The third-order valence-corrected chi connectivity index (χ3v) is 5.04. The van der Waals surface area contributed by atoms with Crippen molar-refractivity contribution in [3.63, 3.8) is 0 Å². The molecule has 3 N–H and O–H groups in total. The molecule has 0 amide bonds. The van der Waals surface area contributed by atoms with Crippen LogP contribution in [-0.4, -0.2) is 36.5 Å². The second-order valence-corrected chi connectivity index (χ2v) is 6.43. The van der Waals surface area contributed by atoms with Crippen molar-refractivity contribution in [1.29, 1.82) is 0 Å². The van der Waals surface area contributed by atoms with Crippen molar-refractivity contribution in [3.8, 4) is 0 Å². The number of anilines is 1. The zero-order valence-corrected chi connectivity index (χ0v) is 16.4. The topological polar surface area (TPSA) is 53.6 Å². The number of guanidine groups is 1. The van der Waals surface area contributed by atoms with Gasteiger partial charge in [0.2, 0.25) is 0 Å². The van der Waals surface area contributed by atoms with E-state index in [4.69, 9.17) is 5.73 Å². The summed E-state index contributed by atoms with van der Waals surface area (Å²) in [7, 11) is 0. The van der Waals surface area contributed by atoms with Crippen LogP contribution < -0.4 is 11.1 Å². The monoisotopic (exact) mass is 428 g/mol. The molecule has 4 nitrogen and oxygen atoms in total. The summed E-state index contributed by atoms with van der Waals surface area (Å²) < 4.78 is 0. The quantitative estimate of drug-likeness (QED) is 0.439. The van der Waals surface area contributed by atoms with Crippen LogP contribution in [0.2, 0.25) is 0 Å². The molecule has 2 aliphatic rings. The molecule has 1 saturated heterocycles. The second kappa shape index (κ2) is 8.87. The molecule has 1 aromatic rings. The zero-order valence-electron chi connectivity index (χ0n) is 14.1. The van der Waals surface area contributed by atoms with Crippen LogP contribution in [0.4, 0.5) is 5.69 Å². The Balaban J connectivity index is 0.00000192. The number of nitrogens with one attached hydrogen (secondary N) is 1. The third-order valence-electron chi connectivity index (χ3n) is 5.04. The summed E-state index contributed by atoms with van der Waals surface area (Å²) >= 11 is 0. The molecule has 1 aliphatic carbocycles. The molecule has 0 bridgehead atoms. The molecule has 1 heterocycles. The van der Waals surface area contributed by atoms with Crippen LogP contribution in [0, 0.1) is 0 Å². The number of fused-ring (bicyclic) bond motifs is 1. The summed E-state index contributed by atoms with van der Waals surface area (Å²) in [4.78, 5) is 7.09. The average molecular weight is 428 g/mol. The number of likely N-dealkylation sites (tertiary alicyclic amines) is 1. The normalized spacial score (nSPS) is 21.6. The zero-order chi connectivity index (χ0) is 15.4.